The lowest BCUT2D eigenvalue weighted by Crippen LogP contribution is -2.39. The zero-order valence-electron chi connectivity index (χ0n) is 19.8. The van der Waals surface area contributed by atoms with Crippen LogP contribution in [0.2, 0.25) is 0 Å². The SMILES string of the molecule is COc1ccccc1N(CC(=O)N/N=C\c1c(O)ccc2ccccc12)S(=O)(=O)c1ccc(C)cc1. The standard InChI is InChI=1S/C27H25N3O5S/c1-19-11-14-21(15-12-19)36(33,34)30(24-9-5-6-10-26(24)35-2)18-27(32)29-28-17-23-22-8-4-3-7-20(22)13-16-25(23)31/h3-17,31H,18H2,1-2H3,(H,29,32)/b28-17-. The van der Waals surface area contributed by atoms with Gasteiger partial charge in [0.25, 0.3) is 15.9 Å². The molecule has 8 nitrogen and oxygen atoms in total. The third-order valence-corrected chi connectivity index (χ3v) is 7.35. The first-order valence-electron chi connectivity index (χ1n) is 11.1. The Bertz CT molecular complexity index is 1530. The van der Waals surface area contributed by atoms with E-state index in [-0.39, 0.29) is 16.3 Å². The maximum atomic E-state index is 13.6. The number of ether oxygens (including phenoxy) is 1. The number of carbonyl (C=O) groups is 1. The predicted octanol–water partition coefficient (Wildman–Crippen LogP) is 4.21. The molecule has 0 saturated carbocycles. The van der Waals surface area contributed by atoms with E-state index in [0.717, 1.165) is 20.6 Å². The van der Waals surface area contributed by atoms with Gasteiger partial charge in [-0.15, -0.1) is 0 Å². The topological polar surface area (TPSA) is 108 Å². The number of carbonyl (C=O) groups excluding carboxylic acids is 1. The molecule has 184 valence electrons. The summed E-state index contributed by atoms with van der Waals surface area (Å²) in [5.74, 6) is -0.373. The first-order chi connectivity index (χ1) is 17.3. The van der Waals surface area contributed by atoms with Gasteiger partial charge in [-0.3, -0.25) is 9.10 Å². The molecule has 4 aromatic rings. The van der Waals surface area contributed by atoms with Gasteiger partial charge in [-0.05, 0) is 48.0 Å². The molecule has 0 heterocycles. The van der Waals surface area contributed by atoms with E-state index in [4.69, 9.17) is 4.74 Å². The van der Waals surface area contributed by atoms with E-state index in [1.165, 1.54) is 25.5 Å². The molecular formula is C27H25N3O5S. The Morgan fingerprint density at radius 1 is 1.00 bits per heavy atom. The summed E-state index contributed by atoms with van der Waals surface area (Å²) in [6.45, 7) is 1.31. The van der Waals surface area contributed by atoms with Crippen molar-refractivity contribution in [2.45, 2.75) is 11.8 Å². The molecule has 36 heavy (non-hydrogen) atoms. The molecule has 0 fully saturated rings. The fraction of sp³-hybridized carbons (Fsp3) is 0.111. The van der Waals surface area contributed by atoms with Crippen molar-refractivity contribution >= 4 is 38.6 Å². The Morgan fingerprint density at radius 2 is 1.69 bits per heavy atom. The molecule has 2 N–H and O–H groups in total. The monoisotopic (exact) mass is 503 g/mol. The molecule has 0 aromatic heterocycles. The van der Waals surface area contributed by atoms with E-state index < -0.39 is 22.5 Å². The van der Waals surface area contributed by atoms with Crippen LogP contribution in [0.3, 0.4) is 0 Å². The lowest BCUT2D eigenvalue weighted by atomic mass is 10.0. The predicted molar refractivity (Wildman–Crippen MR) is 140 cm³/mol. The average molecular weight is 504 g/mol. The van der Waals surface area contributed by atoms with Crippen LogP contribution in [0.1, 0.15) is 11.1 Å². The van der Waals surface area contributed by atoms with Crippen LogP contribution in [0, 0.1) is 6.92 Å². The lowest BCUT2D eigenvalue weighted by molar-refractivity contribution is -0.119. The molecule has 9 heteroatoms. The molecule has 0 aliphatic carbocycles. The number of aromatic hydroxyl groups is 1. The highest BCUT2D eigenvalue weighted by Crippen LogP contribution is 2.32. The number of phenolic OH excluding ortho intramolecular Hbond substituents is 1. The van der Waals surface area contributed by atoms with Gasteiger partial charge in [-0.2, -0.15) is 5.10 Å². The molecule has 4 aromatic carbocycles. The Balaban J connectivity index is 1.63. The van der Waals surface area contributed by atoms with Gasteiger partial charge in [0, 0.05) is 5.56 Å². The highest BCUT2D eigenvalue weighted by atomic mass is 32.2. The van der Waals surface area contributed by atoms with E-state index in [9.17, 15) is 18.3 Å². The van der Waals surface area contributed by atoms with Gasteiger partial charge in [-0.1, -0.05) is 60.2 Å². The van der Waals surface area contributed by atoms with Crippen molar-refractivity contribution in [3.8, 4) is 11.5 Å². The Labute approximate surface area is 209 Å². The Morgan fingerprint density at radius 3 is 2.44 bits per heavy atom. The number of sulfonamides is 1. The molecule has 1 amide bonds. The van der Waals surface area contributed by atoms with Crippen molar-refractivity contribution in [1.82, 2.24) is 5.43 Å². The van der Waals surface area contributed by atoms with Gasteiger partial charge in [0.05, 0.1) is 23.9 Å². The summed E-state index contributed by atoms with van der Waals surface area (Å²) in [6.07, 6.45) is 1.33. The van der Waals surface area contributed by atoms with E-state index in [0.29, 0.717) is 11.3 Å². The van der Waals surface area contributed by atoms with Crippen molar-refractivity contribution in [3.63, 3.8) is 0 Å². The zero-order valence-corrected chi connectivity index (χ0v) is 20.6. The van der Waals surface area contributed by atoms with Crippen LogP contribution < -0.4 is 14.5 Å². The molecule has 0 spiro atoms. The van der Waals surface area contributed by atoms with Crippen LogP contribution >= 0.6 is 0 Å². The number of nitrogens with zero attached hydrogens (tertiary/aromatic N) is 2. The van der Waals surface area contributed by atoms with E-state index in [1.54, 1.807) is 48.5 Å². The number of methoxy groups -OCH3 is 1. The minimum absolute atomic E-state index is 0.00398. The summed E-state index contributed by atoms with van der Waals surface area (Å²) < 4.78 is 33.4. The maximum absolute atomic E-state index is 13.6. The first-order valence-corrected chi connectivity index (χ1v) is 12.5. The number of fused-ring (bicyclic) bond motifs is 1. The summed E-state index contributed by atoms with van der Waals surface area (Å²) in [7, 11) is -2.68. The Hall–Kier alpha value is -4.37. The van der Waals surface area contributed by atoms with E-state index >= 15 is 0 Å². The lowest BCUT2D eigenvalue weighted by Gasteiger charge is -2.25. The number of aryl methyl sites for hydroxylation is 1. The summed E-state index contributed by atoms with van der Waals surface area (Å²) in [5.41, 5.74) is 3.92. The van der Waals surface area contributed by atoms with Crippen molar-refractivity contribution < 1.29 is 23.1 Å². The minimum Gasteiger partial charge on any atom is -0.507 e. The second-order valence-corrected chi connectivity index (χ2v) is 9.87. The molecule has 4 rings (SSSR count). The van der Waals surface area contributed by atoms with Crippen LogP contribution in [0.4, 0.5) is 5.69 Å². The van der Waals surface area contributed by atoms with Crippen molar-refractivity contribution in [2.75, 3.05) is 18.0 Å². The minimum atomic E-state index is -4.11. The summed E-state index contributed by atoms with van der Waals surface area (Å²) >= 11 is 0. The van der Waals surface area contributed by atoms with Crippen molar-refractivity contribution in [3.05, 3.63) is 96.1 Å². The van der Waals surface area contributed by atoms with Crippen LogP contribution in [-0.4, -0.2) is 39.3 Å². The molecule has 0 radical (unpaired) electrons. The van der Waals surface area contributed by atoms with Gasteiger partial charge in [0.1, 0.15) is 18.0 Å². The first kappa shape index (κ1) is 24.7. The number of phenols is 1. The Kier molecular flexibility index (Phi) is 7.21. The summed E-state index contributed by atoms with van der Waals surface area (Å²) in [6, 6.07) is 23.7. The molecule has 0 saturated heterocycles. The van der Waals surface area contributed by atoms with Crippen LogP contribution in [-0.2, 0) is 14.8 Å². The average Bonchev–Trinajstić information content (AvgIpc) is 2.88. The maximum Gasteiger partial charge on any atom is 0.264 e. The highest BCUT2D eigenvalue weighted by molar-refractivity contribution is 7.92. The van der Waals surface area contributed by atoms with Gasteiger partial charge in [0.2, 0.25) is 0 Å². The molecule has 0 atom stereocenters. The second-order valence-electron chi connectivity index (χ2n) is 8.01. The van der Waals surface area contributed by atoms with E-state index in [1.807, 2.05) is 31.2 Å². The molecule has 0 unspecified atom stereocenters. The van der Waals surface area contributed by atoms with Crippen molar-refractivity contribution in [1.29, 1.82) is 0 Å². The number of rotatable bonds is 8. The number of hydrogen-bond donors (Lipinski definition) is 2. The molecule has 0 aliphatic rings. The number of para-hydroxylation sites is 2. The van der Waals surface area contributed by atoms with Gasteiger partial charge in [0.15, 0.2) is 0 Å². The van der Waals surface area contributed by atoms with Crippen molar-refractivity contribution in [2.24, 2.45) is 5.10 Å². The normalized spacial score (nSPS) is 11.5. The number of hydrogen-bond acceptors (Lipinski definition) is 6. The highest BCUT2D eigenvalue weighted by Gasteiger charge is 2.29. The van der Waals surface area contributed by atoms with Crippen LogP contribution in [0.15, 0.2) is 94.9 Å². The van der Waals surface area contributed by atoms with Gasteiger partial charge >= 0.3 is 0 Å². The number of amides is 1. The third kappa shape index (κ3) is 5.16. The smallest absolute Gasteiger partial charge is 0.264 e. The van der Waals surface area contributed by atoms with E-state index in [2.05, 4.69) is 10.5 Å². The molecular weight excluding hydrogens is 478 g/mol. The number of anilines is 1. The third-order valence-electron chi connectivity index (χ3n) is 5.58. The molecule has 0 aliphatic heterocycles. The van der Waals surface area contributed by atoms with Gasteiger partial charge in [-0.25, -0.2) is 13.8 Å². The van der Waals surface area contributed by atoms with Crippen LogP contribution in [0.25, 0.3) is 10.8 Å². The largest absolute Gasteiger partial charge is 0.507 e. The number of nitrogens with one attached hydrogen (secondary N) is 1. The summed E-state index contributed by atoms with van der Waals surface area (Å²) in [5, 5.41) is 15.9. The molecule has 0 bridgehead atoms. The quantitative estimate of drug-likeness (QED) is 0.277. The summed E-state index contributed by atoms with van der Waals surface area (Å²) in [4.78, 5) is 12.9. The van der Waals surface area contributed by atoms with Crippen LogP contribution in [0.5, 0.6) is 11.5 Å². The zero-order chi connectivity index (χ0) is 25.7. The fourth-order valence-corrected chi connectivity index (χ4v) is 5.16. The van der Waals surface area contributed by atoms with Gasteiger partial charge < -0.3 is 9.84 Å². The number of benzene rings is 4. The fourth-order valence-electron chi connectivity index (χ4n) is 3.73. The number of hydrazone groups is 1. The second kappa shape index (κ2) is 10.5.